The van der Waals surface area contributed by atoms with E-state index in [4.69, 9.17) is 5.73 Å². The summed E-state index contributed by atoms with van der Waals surface area (Å²) in [6.45, 7) is 5.41. The van der Waals surface area contributed by atoms with Gasteiger partial charge in [-0.1, -0.05) is 13.8 Å². The predicted octanol–water partition coefficient (Wildman–Crippen LogP) is 1.83. The number of benzene rings is 1. The highest BCUT2D eigenvalue weighted by molar-refractivity contribution is 5.95. The summed E-state index contributed by atoms with van der Waals surface area (Å²) in [6.07, 6.45) is 0. The fraction of sp³-hybridized carbons (Fsp3) is 0.417. The predicted molar refractivity (Wildman–Crippen MR) is 69.3 cm³/mol. The van der Waals surface area contributed by atoms with Gasteiger partial charge in [-0.05, 0) is 24.5 Å². The summed E-state index contributed by atoms with van der Waals surface area (Å²) in [5.41, 5.74) is 6.89. The fourth-order valence-electron chi connectivity index (χ4n) is 1.42. The number of nitro groups is 1. The van der Waals surface area contributed by atoms with Crippen molar-refractivity contribution in [2.24, 2.45) is 11.7 Å². The van der Waals surface area contributed by atoms with Gasteiger partial charge < -0.3 is 11.1 Å². The van der Waals surface area contributed by atoms with Gasteiger partial charge >= 0.3 is 0 Å². The van der Waals surface area contributed by atoms with Crippen LogP contribution < -0.4 is 11.1 Å². The lowest BCUT2D eigenvalue weighted by molar-refractivity contribution is -0.384. The van der Waals surface area contributed by atoms with Crippen LogP contribution in [0.1, 0.15) is 19.4 Å². The Morgan fingerprint density at radius 1 is 1.44 bits per heavy atom. The number of amides is 1. The van der Waals surface area contributed by atoms with Crippen molar-refractivity contribution in [3.63, 3.8) is 0 Å². The third kappa shape index (κ3) is 3.27. The Morgan fingerprint density at radius 3 is 2.50 bits per heavy atom. The van der Waals surface area contributed by atoms with Gasteiger partial charge in [0.15, 0.2) is 0 Å². The third-order valence-electron chi connectivity index (χ3n) is 2.70. The maximum atomic E-state index is 11.8. The number of nitrogens with one attached hydrogen (secondary N) is 1. The number of nitrogens with zero attached hydrogens (tertiary/aromatic N) is 1. The van der Waals surface area contributed by atoms with Gasteiger partial charge in [0.1, 0.15) is 0 Å². The standard InChI is InChI=1S/C12H17N3O3/c1-7(2)11(13)12(16)14-10-5-4-9(15(17)18)6-8(10)3/h4-7,11H,13H2,1-3H3,(H,14,16)/t11-/m1/s1. The molecular weight excluding hydrogens is 234 g/mol. The molecule has 1 rings (SSSR count). The van der Waals surface area contributed by atoms with Crippen molar-refractivity contribution in [3.8, 4) is 0 Å². The maximum Gasteiger partial charge on any atom is 0.269 e. The molecule has 0 aliphatic rings. The number of carbonyl (C=O) groups is 1. The summed E-state index contributed by atoms with van der Waals surface area (Å²) < 4.78 is 0. The lowest BCUT2D eigenvalue weighted by atomic mass is 10.0. The Morgan fingerprint density at radius 2 is 2.06 bits per heavy atom. The van der Waals surface area contributed by atoms with Crippen molar-refractivity contribution in [2.75, 3.05) is 5.32 Å². The minimum absolute atomic E-state index is 0.00124. The molecule has 0 aromatic heterocycles. The lowest BCUT2D eigenvalue weighted by Crippen LogP contribution is -2.39. The molecule has 0 bridgehead atoms. The summed E-state index contributed by atoms with van der Waals surface area (Å²) in [4.78, 5) is 21.9. The first-order valence-electron chi connectivity index (χ1n) is 5.64. The van der Waals surface area contributed by atoms with Gasteiger partial charge in [-0.25, -0.2) is 0 Å². The van der Waals surface area contributed by atoms with Crippen LogP contribution in [0.2, 0.25) is 0 Å². The van der Waals surface area contributed by atoms with E-state index < -0.39 is 11.0 Å². The van der Waals surface area contributed by atoms with Crippen LogP contribution in [0.4, 0.5) is 11.4 Å². The molecule has 98 valence electrons. The van der Waals surface area contributed by atoms with Crippen LogP contribution in [-0.4, -0.2) is 16.9 Å². The van der Waals surface area contributed by atoms with Gasteiger partial charge in [0, 0.05) is 17.8 Å². The highest BCUT2D eigenvalue weighted by Gasteiger charge is 2.18. The minimum Gasteiger partial charge on any atom is -0.324 e. The van der Waals surface area contributed by atoms with Gasteiger partial charge in [0.25, 0.3) is 5.69 Å². The molecule has 0 radical (unpaired) electrons. The molecule has 3 N–H and O–H groups in total. The number of nitro benzene ring substituents is 1. The van der Waals surface area contributed by atoms with E-state index in [1.807, 2.05) is 13.8 Å². The van der Waals surface area contributed by atoms with E-state index >= 15 is 0 Å². The summed E-state index contributed by atoms with van der Waals surface area (Å²) in [7, 11) is 0. The highest BCUT2D eigenvalue weighted by atomic mass is 16.6. The van der Waals surface area contributed by atoms with Crippen molar-refractivity contribution < 1.29 is 9.72 Å². The van der Waals surface area contributed by atoms with Crippen LogP contribution in [0, 0.1) is 23.0 Å². The van der Waals surface area contributed by atoms with E-state index in [1.165, 1.54) is 18.2 Å². The zero-order valence-electron chi connectivity index (χ0n) is 10.6. The molecule has 0 unspecified atom stereocenters. The Bertz CT molecular complexity index is 472. The molecule has 18 heavy (non-hydrogen) atoms. The molecule has 1 aromatic rings. The average molecular weight is 251 g/mol. The van der Waals surface area contributed by atoms with Gasteiger partial charge in [-0.2, -0.15) is 0 Å². The summed E-state index contributed by atoms with van der Waals surface area (Å²) in [6, 6.07) is 3.68. The molecule has 6 nitrogen and oxygen atoms in total. The van der Waals surface area contributed by atoms with Crippen LogP contribution in [0.25, 0.3) is 0 Å². The monoisotopic (exact) mass is 251 g/mol. The van der Waals surface area contributed by atoms with Crippen LogP contribution in [-0.2, 0) is 4.79 Å². The number of hydrogen-bond acceptors (Lipinski definition) is 4. The minimum atomic E-state index is -0.598. The number of nitrogens with two attached hydrogens (primary N) is 1. The van der Waals surface area contributed by atoms with Crippen molar-refractivity contribution in [3.05, 3.63) is 33.9 Å². The van der Waals surface area contributed by atoms with Crippen molar-refractivity contribution >= 4 is 17.3 Å². The smallest absolute Gasteiger partial charge is 0.269 e. The van der Waals surface area contributed by atoms with E-state index in [0.29, 0.717) is 11.3 Å². The molecule has 6 heteroatoms. The normalized spacial score (nSPS) is 12.3. The first-order valence-corrected chi connectivity index (χ1v) is 5.64. The van der Waals surface area contributed by atoms with Crippen molar-refractivity contribution in [1.29, 1.82) is 0 Å². The van der Waals surface area contributed by atoms with E-state index in [-0.39, 0.29) is 17.5 Å². The Kier molecular flexibility index (Phi) is 4.38. The summed E-state index contributed by atoms with van der Waals surface area (Å²) in [5, 5.41) is 13.3. The number of rotatable bonds is 4. The molecular formula is C12H17N3O3. The van der Waals surface area contributed by atoms with Gasteiger partial charge in [-0.3, -0.25) is 14.9 Å². The highest BCUT2D eigenvalue weighted by Crippen LogP contribution is 2.21. The molecule has 0 aliphatic carbocycles. The average Bonchev–Trinajstić information content (AvgIpc) is 2.30. The van der Waals surface area contributed by atoms with E-state index in [1.54, 1.807) is 6.92 Å². The molecule has 0 aliphatic heterocycles. The van der Waals surface area contributed by atoms with Gasteiger partial charge in [0.2, 0.25) is 5.91 Å². The van der Waals surface area contributed by atoms with Crippen LogP contribution >= 0.6 is 0 Å². The van der Waals surface area contributed by atoms with Crippen LogP contribution in [0.5, 0.6) is 0 Å². The lowest BCUT2D eigenvalue weighted by Gasteiger charge is -2.16. The number of non-ortho nitro benzene ring substituents is 1. The number of hydrogen-bond donors (Lipinski definition) is 2. The molecule has 1 atom stereocenters. The third-order valence-corrected chi connectivity index (χ3v) is 2.70. The maximum absolute atomic E-state index is 11.8. The second-order valence-electron chi connectivity index (χ2n) is 4.52. The second-order valence-corrected chi connectivity index (χ2v) is 4.52. The summed E-state index contributed by atoms with van der Waals surface area (Å²) >= 11 is 0. The SMILES string of the molecule is Cc1cc([N+](=O)[O-])ccc1NC(=O)[C@H](N)C(C)C. The topological polar surface area (TPSA) is 98.3 Å². The Hall–Kier alpha value is -1.95. The van der Waals surface area contributed by atoms with E-state index in [0.717, 1.165) is 0 Å². The van der Waals surface area contributed by atoms with Gasteiger partial charge in [0.05, 0.1) is 11.0 Å². The Balaban J connectivity index is 2.86. The molecule has 1 amide bonds. The summed E-state index contributed by atoms with van der Waals surface area (Å²) in [5.74, 6) is -0.259. The van der Waals surface area contributed by atoms with Crippen molar-refractivity contribution in [2.45, 2.75) is 26.8 Å². The first kappa shape index (κ1) is 14.1. The molecule has 1 aromatic carbocycles. The van der Waals surface area contributed by atoms with Crippen LogP contribution in [0.15, 0.2) is 18.2 Å². The molecule has 0 spiro atoms. The number of carbonyl (C=O) groups excluding carboxylic acids is 1. The molecule has 0 heterocycles. The van der Waals surface area contributed by atoms with E-state index in [9.17, 15) is 14.9 Å². The first-order chi connectivity index (χ1) is 8.32. The zero-order valence-corrected chi connectivity index (χ0v) is 10.6. The largest absolute Gasteiger partial charge is 0.324 e. The molecule has 0 saturated heterocycles. The number of anilines is 1. The molecule has 0 fully saturated rings. The zero-order chi connectivity index (χ0) is 13.9. The second kappa shape index (κ2) is 5.59. The molecule has 0 saturated carbocycles. The van der Waals surface area contributed by atoms with E-state index in [2.05, 4.69) is 5.32 Å². The fourth-order valence-corrected chi connectivity index (χ4v) is 1.42. The Labute approximate surface area is 105 Å². The van der Waals surface area contributed by atoms with Crippen LogP contribution in [0.3, 0.4) is 0 Å². The number of aryl methyl sites for hydroxylation is 1. The van der Waals surface area contributed by atoms with Crippen molar-refractivity contribution in [1.82, 2.24) is 0 Å². The van der Waals surface area contributed by atoms with Gasteiger partial charge in [-0.15, -0.1) is 0 Å². The quantitative estimate of drug-likeness (QED) is 0.630.